The van der Waals surface area contributed by atoms with Crippen LogP contribution in [0.3, 0.4) is 0 Å². The van der Waals surface area contributed by atoms with Gasteiger partial charge in [0.15, 0.2) is 5.76 Å². The zero-order valence-corrected chi connectivity index (χ0v) is 13.3. The van der Waals surface area contributed by atoms with Gasteiger partial charge >= 0.3 is 0 Å². The minimum Gasteiger partial charge on any atom is -0.453 e. The number of nitrogens with one attached hydrogen (secondary N) is 2. The van der Waals surface area contributed by atoms with Crippen molar-refractivity contribution in [3.05, 3.63) is 59.2 Å². The van der Waals surface area contributed by atoms with Crippen LogP contribution in [0.4, 0.5) is 18.9 Å². The highest BCUT2D eigenvalue weighted by molar-refractivity contribution is 5.82. The molecule has 0 aliphatic carbocycles. The highest BCUT2D eigenvalue weighted by Gasteiger charge is 2.13. The number of fused-ring (bicyclic) bond motifs is 1. The monoisotopic (exact) mass is 359 g/mol. The number of anilines is 1. The Hall–Kier alpha value is -3.36. The number of aromatic nitrogens is 4. The molecule has 0 saturated carbocycles. The second-order valence-corrected chi connectivity index (χ2v) is 5.64. The Morgan fingerprint density at radius 1 is 1.04 bits per heavy atom. The minimum absolute atomic E-state index is 0.0535. The Kier molecular flexibility index (Phi) is 4.04. The summed E-state index contributed by atoms with van der Waals surface area (Å²) >= 11 is 0. The third-order valence-corrected chi connectivity index (χ3v) is 3.94. The maximum Gasteiger partial charge on any atom is 0.215 e. The lowest BCUT2D eigenvalue weighted by Gasteiger charge is -2.09. The van der Waals surface area contributed by atoms with E-state index < -0.39 is 18.3 Å². The summed E-state index contributed by atoms with van der Waals surface area (Å²) in [6, 6.07) is 8.53. The minimum atomic E-state index is -0.909. The van der Waals surface area contributed by atoms with Gasteiger partial charge in [0, 0.05) is 28.7 Å². The smallest absolute Gasteiger partial charge is 0.215 e. The molecule has 132 valence electrons. The number of rotatable bonds is 5. The van der Waals surface area contributed by atoms with Crippen molar-refractivity contribution >= 4 is 16.7 Å². The molecule has 0 amide bonds. The van der Waals surface area contributed by atoms with Crippen molar-refractivity contribution in [3.63, 3.8) is 0 Å². The first-order chi connectivity index (χ1) is 12.6. The van der Waals surface area contributed by atoms with E-state index in [2.05, 4.69) is 25.9 Å². The summed E-state index contributed by atoms with van der Waals surface area (Å²) in [7, 11) is 0. The molecule has 0 aliphatic heterocycles. The van der Waals surface area contributed by atoms with Crippen molar-refractivity contribution in [2.45, 2.75) is 13.2 Å². The molecule has 0 unspecified atom stereocenters. The second-order valence-electron chi connectivity index (χ2n) is 5.64. The summed E-state index contributed by atoms with van der Waals surface area (Å²) in [6.07, 6.45) is 0. The molecular formula is C17H12F3N5O. The third-order valence-electron chi connectivity index (χ3n) is 3.94. The maximum atomic E-state index is 14.3. The van der Waals surface area contributed by atoms with Gasteiger partial charge in [-0.25, -0.2) is 18.3 Å². The molecule has 4 aromatic rings. The van der Waals surface area contributed by atoms with E-state index in [0.29, 0.717) is 33.8 Å². The molecule has 0 spiro atoms. The lowest BCUT2D eigenvalue weighted by molar-refractivity contribution is 0.464. The fourth-order valence-corrected chi connectivity index (χ4v) is 2.60. The lowest BCUT2D eigenvalue weighted by atomic mass is 10.1. The fraction of sp³-hybridized carbons (Fsp3) is 0.118. The van der Waals surface area contributed by atoms with Crippen molar-refractivity contribution in [2.75, 3.05) is 5.32 Å². The van der Waals surface area contributed by atoms with E-state index in [1.807, 2.05) is 0 Å². The van der Waals surface area contributed by atoms with Crippen LogP contribution in [0, 0.1) is 11.6 Å². The van der Waals surface area contributed by atoms with Crippen molar-refractivity contribution in [3.8, 4) is 11.6 Å². The number of hydrogen-bond acceptors (Lipinski definition) is 5. The van der Waals surface area contributed by atoms with Gasteiger partial charge in [-0.3, -0.25) is 0 Å². The molecule has 0 radical (unpaired) electrons. The SMILES string of the molecule is FCc1cc(NCc2cc3oc(-c4nnn[nH]4)cc3cc2F)ccc1F. The summed E-state index contributed by atoms with van der Waals surface area (Å²) in [5.41, 5.74) is 1.26. The molecule has 0 aliphatic rings. The largest absolute Gasteiger partial charge is 0.453 e. The van der Waals surface area contributed by atoms with Crippen LogP contribution < -0.4 is 5.32 Å². The maximum absolute atomic E-state index is 14.3. The van der Waals surface area contributed by atoms with Gasteiger partial charge in [0.05, 0.1) is 0 Å². The van der Waals surface area contributed by atoms with Crippen molar-refractivity contribution in [1.82, 2.24) is 20.6 Å². The van der Waals surface area contributed by atoms with Gasteiger partial charge in [-0.15, -0.1) is 5.10 Å². The molecule has 0 saturated heterocycles. The Balaban J connectivity index is 1.59. The number of halogens is 3. The predicted octanol–water partition coefficient (Wildman–Crippen LogP) is 3.97. The van der Waals surface area contributed by atoms with Crippen LogP contribution in [0.5, 0.6) is 0 Å². The molecule has 2 aromatic heterocycles. The van der Waals surface area contributed by atoms with E-state index >= 15 is 0 Å². The zero-order chi connectivity index (χ0) is 18.1. The van der Waals surface area contributed by atoms with Crippen molar-refractivity contribution in [1.29, 1.82) is 0 Å². The number of aromatic amines is 1. The molecule has 2 heterocycles. The summed E-state index contributed by atoms with van der Waals surface area (Å²) in [5.74, 6) is -0.316. The first-order valence-electron chi connectivity index (χ1n) is 7.68. The molecule has 2 N–H and O–H groups in total. The van der Waals surface area contributed by atoms with Crippen LogP contribution in [0.2, 0.25) is 0 Å². The first-order valence-corrected chi connectivity index (χ1v) is 7.68. The fourth-order valence-electron chi connectivity index (χ4n) is 2.60. The quantitative estimate of drug-likeness (QED) is 0.564. The molecule has 0 atom stereocenters. The molecular weight excluding hydrogens is 347 g/mol. The van der Waals surface area contributed by atoms with Gasteiger partial charge < -0.3 is 9.73 Å². The number of tetrazole rings is 1. The van der Waals surface area contributed by atoms with E-state index in [1.165, 1.54) is 24.3 Å². The summed E-state index contributed by atoms with van der Waals surface area (Å²) in [5, 5.41) is 16.8. The lowest BCUT2D eigenvalue weighted by Crippen LogP contribution is -2.02. The van der Waals surface area contributed by atoms with Gasteiger partial charge in [0.1, 0.15) is 23.9 Å². The Morgan fingerprint density at radius 2 is 1.92 bits per heavy atom. The molecule has 2 aromatic carbocycles. The van der Waals surface area contributed by atoms with Crippen molar-refractivity contribution in [2.24, 2.45) is 0 Å². The van der Waals surface area contributed by atoms with Gasteiger partial charge in [-0.2, -0.15) is 0 Å². The summed E-state index contributed by atoms with van der Waals surface area (Å²) < 4.78 is 46.0. The number of benzene rings is 2. The van der Waals surface area contributed by atoms with E-state index in [9.17, 15) is 13.2 Å². The number of alkyl halides is 1. The zero-order valence-electron chi connectivity index (χ0n) is 13.3. The Bertz CT molecular complexity index is 1060. The second kappa shape index (κ2) is 6.51. The number of furan rings is 1. The highest BCUT2D eigenvalue weighted by Crippen LogP contribution is 2.28. The standard InChI is InChI=1S/C17H12F3N5O/c18-7-10-3-12(1-2-13(10)19)21-8-11-6-15-9(4-14(11)20)5-16(26-15)17-22-24-25-23-17/h1-6,21H,7-8H2,(H,22,23,24,25). The highest BCUT2D eigenvalue weighted by atomic mass is 19.1. The Labute approximate surface area is 145 Å². The average Bonchev–Trinajstić information content (AvgIpc) is 3.30. The predicted molar refractivity (Wildman–Crippen MR) is 87.9 cm³/mol. The number of H-pyrrole nitrogens is 1. The van der Waals surface area contributed by atoms with Crippen LogP contribution in [0.25, 0.3) is 22.6 Å². The average molecular weight is 359 g/mol. The van der Waals surface area contributed by atoms with Crippen molar-refractivity contribution < 1.29 is 17.6 Å². The van der Waals surface area contributed by atoms with Crippen LogP contribution in [0.15, 0.2) is 40.8 Å². The van der Waals surface area contributed by atoms with E-state index in [-0.39, 0.29) is 12.1 Å². The van der Waals surface area contributed by atoms with Crippen LogP contribution in [0.1, 0.15) is 11.1 Å². The van der Waals surface area contributed by atoms with E-state index in [1.54, 1.807) is 12.1 Å². The van der Waals surface area contributed by atoms with Crippen LogP contribution in [-0.2, 0) is 13.2 Å². The molecule has 26 heavy (non-hydrogen) atoms. The van der Waals surface area contributed by atoms with Crippen LogP contribution in [-0.4, -0.2) is 20.6 Å². The Morgan fingerprint density at radius 3 is 2.69 bits per heavy atom. The normalized spacial score (nSPS) is 11.2. The number of hydrogen-bond donors (Lipinski definition) is 2. The van der Waals surface area contributed by atoms with Crippen LogP contribution >= 0.6 is 0 Å². The van der Waals surface area contributed by atoms with Gasteiger partial charge in [-0.1, -0.05) is 0 Å². The number of nitrogens with zero attached hydrogens (tertiary/aromatic N) is 3. The van der Waals surface area contributed by atoms with Gasteiger partial charge in [0.25, 0.3) is 0 Å². The molecule has 4 rings (SSSR count). The van der Waals surface area contributed by atoms with Gasteiger partial charge in [-0.05, 0) is 46.8 Å². The summed E-state index contributed by atoms with van der Waals surface area (Å²) in [6.45, 7) is -0.785. The first kappa shape index (κ1) is 16.1. The summed E-state index contributed by atoms with van der Waals surface area (Å²) in [4.78, 5) is 0. The molecule has 6 nitrogen and oxygen atoms in total. The topological polar surface area (TPSA) is 79.6 Å². The van der Waals surface area contributed by atoms with Gasteiger partial charge in [0.2, 0.25) is 5.82 Å². The molecule has 9 heteroatoms. The van der Waals surface area contributed by atoms with E-state index in [0.717, 1.165) is 0 Å². The third kappa shape index (κ3) is 2.99. The van der Waals surface area contributed by atoms with E-state index in [4.69, 9.17) is 4.42 Å². The molecule has 0 bridgehead atoms. The molecule has 0 fully saturated rings.